The number of anilines is 2. The molecular formula is C30H27Cl2N3O7. The molecule has 10 nitrogen and oxygen atoms in total. The fraction of sp³-hybridized carbons (Fsp3) is 0.200. The van der Waals surface area contributed by atoms with Gasteiger partial charge in [0.25, 0.3) is 17.7 Å². The van der Waals surface area contributed by atoms with Crippen LogP contribution in [0.2, 0.25) is 10.0 Å². The predicted molar refractivity (Wildman–Crippen MR) is 159 cm³/mol. The van der Waals surface area contributed by atoms with Gasteiger partial charge in [-0.3, -0.25) is 19.7 Å². The van der Waals surface area contributed by atoms with Crippen molar-refractivity contribution in [2.24, 2.45) is 0 Å². The van der Waals surface area contributed by atoms with Crippen LogP contribution in [-0.2, 0) is 14.4 Å². The van der Waals surface area contributed by atoms with Crippen LogP contribution in [0.1, 0.15) is 25.8 Å². The number of hydrogen-bond acceptors (Lipinski definition) is 7. The second-order valence-corrected chi connectivity index (χ2v) is 9.69. The molecule has 0 spiro atoms. The lowest BCUT2D eigenvalue weighted by molar-refractivity contribution is -0.122. The first-order chi connectivity index (χ1) is 20.2. The van der Waals surface area contributed by atoms with Crippen LogP contribution in [0.25, 0.3) is 6.08 Å². The molecule has 0 radical (unpaired) electrons. The van der Waals surface area contributed by atoms with Crippen LogP contribution in [0.5, 0.6) is 17.2 Å². The highest BCUT2D eigenvalue weighted by Crippen LogP contribution is 2.34. The zero-order valence-corrected chi connectivity index (χ0v) is 24.3. The Labute approximate surface area is 252 Å². The van der Waals surface area contributed by atoms with Crippen molar-refractivity contribution in [2.75, 3.05) is 30.0 Å². The van der Waals surface area contributed by atoms with Crippen molar-refractivity contribution >= 4 is 64.4 Å². The Balaban J connectivity index is 1.56. The fourth-order valence-corrected chi connectivity index (χ4v) is 4.23. The minimum absolute atomic E-state index is 0.187. The lowest BCUT2D eigenvalue weighted by atomic mass is 10.1. The van der Waals surface area contributed by atoms with Gasteiger partial charge in [-0.1, -0.05) is 48.3 Å². The summed E-state index contributed by atoms with van der Waals surface area (Å²) in [5.74, 6) is -1.15. The number of nitrogens with one attached hydrogen (secondary N) is 2. The zero-order valence-electron chi connectivity index (χ0n) is 22.7. The standard InChI is InChI=1S/C30H27Cl2N3O7/c1-3-13-41-25-12-10-20(16-26(25)40-4-2)35-29(38)21(28(37)34-30(35)39)14-18-7-5-6-8-24(18)42-17-27(36)33-19-9-11-22(31)23(32)15-19/h5-12,14-16H,3-4,13,17H2,1-2H3,(H,33,36)(H,34,37,39)/b21-14+. The first-order valence-electron chi connectivity index (χ1n) is 13.0. The first-order valence-corrected chi connectivity index (χ1v) is 13.7. The van der Waals surface area contributed by atoms with E-state index in [4.69, 9.17) is 37.4 Å². The number of imide groups is 2. The predicted octanol–water partition coefficient (Wildman–Crippen LogP) is 5.86. The van der Waals surface area contributed by atoms with E-state index in [0.29, 0.717) is 41.0 Å². The maximum Gasteiger partial charge on any atom is 0.335 e. The number of carbonyl (C=O) groups is 4. The Morgan fingerprint density at radius 3 is 2.43 bits per heavy atom. The summed E-state index contributed by atoms with van der Waals surface area (Å²) in [6, 6.07) is 14.9. The topological polar surface area (TPSA) is 123 Å². The monoisotopic (exact) mass is 611 g/mol. The first kappa shape index (κ1) is 30.4. The Kier molecular flexibility index (Phi) is 10.1. The number of barbiturate groups is 1. The van der Waals surface area contributed by atoms with Gasteiger partial charge in [0.2, 0.25) is 0 Å². The number of para-hydroxylation sites is 1. The summed E-state index contributed by atoms with van der Waals surface area (Å²) in [5.41, 5.74) is 0.646. The molecule has 3 aromatic rings. The number of benzene rings is 3. The number of hydrogen-bond donors (Lipinski definition) is 2. The van der Waals surface area contributed by atoms with Crippen molar-refractivity contribution in [1.29, 1.82) is 0 Å². The number of carbonyl (C=O) groups excluding carboxylic acids is 4. The van der Waals surface area contributed by atoms with Crippen LogP contribution in [0, 0.1) is 0 Å². The van der Waals surface area contributed by atoms with Crippen LogP contribution < -0.4 is 29.7 Å². The molecule has 1 fully saturated rings. The van der Waals surface area contributed by atoms with Crippen molar-refractivity contribution in [3.05, 3.63) is 81.8 Å². The van der Waals surface area contributed by atoms with E-state index in [-0.39, 0.29) is 28.6 Å². The third-order valence-corrected chi connectivity index (χ3v) is 6.57. The maximum absolute atomic E-state index is 13.5. The molecule has 1 heterocycles. The summed E-state index contributed by atoms with van der Waals surface area (Å²) >= 11 is 11.9. The van der Waals surface area contributed by atoms with Gasteiger partial charge in [-0.05, 0) is 55.8 Å². The van der Waals surface area contributed by atoms with Crippen molar-refractivity contribution in [3.8, 4) is 17.2 Å². The van der Waals surface area contributed by atoms with Gasteiger partial charge in [-0.25, -0.2) is 9.69 Å². The number of rotatable bonds is 11. The summed E-state index contributed by atoms with van der Waals surface area (Å²) in [5, 5.41) is 5.48. The van der Waals surface area contributed by atoms with E-state index in [1.54, 1.807) is 49.4 Å². The van der Waals surface area contributed by atoms with Crippen molar-refractivity contribution in [2.45, 2.75) is 20.3 Å². The van der Waals surface area contributed by atoms with E-state index in [9.17, 15) is 19.2 Å². The van der Waals surface area contributed by atoms with Crippen LogP contribution >= 0.6 is 23.2 Å². The number of amides is 5. The van der Waals surface area contributed by atoms with E-state index in [0.717, 1.165) is 11.3 Å². The molecule has 0 saturated carbocycles. The van der Waals surface area contributed by atoms with Gasteiger partial charge in [0.15, 0.2) is 18.1 Å². The molecule has 218 valence electrons. The van der Waals surface area contributed by atoms with Gasteiger partial charge < -0.3 is 19.5 Å². The smallest absolute Gasteiger partial charge is 0.335 e. The Morgan fingerprint density at radius 1 is 0.905 bits per heavy atom. The lowest BCUT2D eigenvalue weighted by Crippen LogP contribution is -2.54. The van der Waals surface area contributed by atoms with Crippen LogP contribution in [0.3, 0.4) is 0 Å². The number of halogens is 2. The summed E-state index contributed by atoms with van der Waals surface area (Å²) in [6.45, 7) is 4.18. The SMILES string of the molecule is CCCOc1ccc(N2C(=O)NC(=O)/C(=C\c3ccccc3OCC(=O)Nc3ccc(Cl)c(Cl)c3)C2=O)cc1OCC. The van der Waals surface area contributed by atoms with Gasteiger partial charge in [0.1, 0.15) is 11.3 Å². The molecule has 0 aliphatic carbocycles. The molecule has 42 heavy (non-hydrogen) atoms. The molecule has 0 aromatic heterocycles. The molecule has 4 rings (SSSR count). The average molecular weight is 612 g/mol. The molecule has 5 amide bonds. The highest BCUT2D eigenvalue weighted by atomic mass is 35.5. The Hall–Kier alpha value is -4.54. The highest BCUT2D eigenvalue weighted by Gasteiger charge is 2.37. The van der Waals surface area contributed by atoms with Gasteiger partial charge in [-0.2, -0.15) is 0 Å². The molecule has 0 unspecified atom stereocenters. The molecule has 3 aromatic carbocycles. The summed E-state index contributed by atoms with van der Waals surface area (Å²) in [7, 11) is 0. The molecule has 2 N–H and O–H groups in total. The summed E-state index contributed by atoms with van der Waals surface area (Å²) in [4.78, 5) is 52.3. The molecular weight excluding hydrogens is 585 g/mol. The van der Waals surface area contributed by atoms with Crippen LogP contribution in [-0.4, -0.2) is 43.6 Å². The normalized spacial score (nSPS) is 14.0. The van der Waals surface area contributed by atoms with Crippen molar-refractivity contribution in [3.63, 3.8) is 0 Å². The molecule has 1 saturated heterocycles. The Bertz CT molecular complexity index is 1560. The van der Waals surface area contributed by atoms with Gasteiger partial charge >= 0.3 is 6.03 Å². The van der Waals surface area contributed by atoms with E-state index in [2.05, 4.69) is 10.6 Å². The lowest BCUT2D eigenvalue weighted by Gasteiger charge is -2.27. The van der Waals surface area contributed by atoms with E-state index >= 15 is 0 Å². The molecule has 1 aliphatic rings. The largest absolute Gasteiger partial charge is 0.490 e. The maximum atomic E-state index is 13.5. The summed E-state index contributed by atoms with van der Waals surface area (Å²) in [6.07, 6.45) is 2.08. The second-order valence-electron chi connectivity index (χ2n) is 8.87. The van der Waals surface area contributed by atoms with E-state index in [1.807, 2.05) is 6.92 Å². The van der Waals surface area contributed by atoms with Crippen molar-refractivity contribution < 1.29 is 33.4 Å². The zero-order chi connectivity index (χ0) is 30.2. The average Bonchev–Trinajstić information content (AvgIpc) is 2.96. The fourth-order valence-electron chi connectivity index (χ4n) is 3.93. The van der Waals surface area contributed by atoms with E-state index < -0.39 is 23.8 Å². The van der Waals surface area contributed by atoms with Gasteiger partial charge in [0.05, 0.1) is 28.9 Å². The van der Waals surface area contributed by atoms with Gasteiger partial charge in [-0.15, -0.1) is 0 Å². The summed E-state index contributed by atoms with van der Waals surface area (Å²) < 4.78 is 17.0. The molecule has 0 atom stereocenters. The number of urea groups is 1. The molecule has 12 heteroatoms. The third-order valence-electron chi connectivity index (χ3n) is 5.83. The third kappa shape index (κ3) is 7.20. The number of ether oxygens (including phenoxy) is 3. The van der Waals surface area contributed by atoms with E-state index in [1.165, 1.54) is 24.3 Å². The Morgan fingerprint density at radius 2 is 1.69 bits per heavy atom. The quantitative estimate of drug-likeness (QED) is 0.205. The molecule has 0 bridgehead atoms. The number of nitrogens with zero attached hydrogens (tertiary/aromatic N) is 1. The van der Waals surface area contributed by atoms with Crippen LogP contribution in [0.15, 0.2) is 66.2 Å². The minimum Gasteiger partial charge on any atom is -0.490 e. The molecule has 1 aliphatic heterocycles. The minimum atomic E-state index is -0.907. The second kappa shape index (κ2) is 13.9. The van der Waals surface area contributed by atoms with Crippen molar-refractivity contribution in [1.82, 2.24) is 5.32 Å². The van der Waals surface area contributed by atoms with Crippen LogP contribution in [0.4, 0.5) is 16.2 Å². The van der Waals surface area contributed by atoms with Gasteiger partial charge in [0, 0.05) is 17.3 Å². The highest BCUT2D eigenvalue weighted by molar-refractivity contribution is 6.42.